The SMILES string of the molecule is C#CCOC(=O)C(C)(COC(=O)C(C)(COC(=O)C(C)(CO)CO)COC(=O)C(C)(CO)CO)COC(=O)C(C)(COC(=O)C(C)(CO)CO)COC(=O)C(C)(CO)CO. The summed E-state index contributed by atoms with van der Waals surface area (Å²) in [5.74, 6) is -6.51. The first-order valence-electron chi connectivity index (χ1n) is 18.3. The highest BCUT2D eigenvalue weighted by molar-refractivity contribution is 5.83. The van der Waals surface area contributed by atoms with E-state index in [4.69, 9.17) is 39.6 Å². The van der Waals surface area contributed by atoms with Crippen molar-refractivity contribution in [3.63, 3.8) is 0 Å². The summed E-state index contributed by atoms with van der Waals surface area (Å²) in [6.45, 7) is -5.43. The molecule has 0 saturated heterocycles. The van der Waals surface area contributed by atoms with Gasteiger partial charge in [0, 0.05) is 0 Å². The summed E-state index contributed by atoms with van der Waals surface area (Å²) in [4.78, 5) is 91.9. The van der Waals surface area contributed by atoms with Crippen LogP contribution in [-0.4, -0.2) is 182 Å². The molecule has 0 atom stereocenters. The van der Waals surface area contributed by atoms with Crippen LogP contribution >= 0.6 is 0 Å². The molecule has 344 valence electrons. The molecule has 0 aliphatic carbocycles. The molecule has 0 fully saturated rings. The zero-order valence-electron chi connectivity index (χ0n) is 35.0. The van der Waals surface area contributed by atoms with Crippen LogP contribution in [0.15, 0.2) is 0 Å². The van der Waals surface area contributed by atoms with Crippen LogP contribution in [0.5, 0.6) is 0 Å². The van der Waals surface area contributed by atoms with Crippen LogP contribution in [0.25, 0.3) is 0 Å². The van der Waals surface area contributed by atoms with Crippen LogP contribution in [0.4, 0.5) is 0 Å². The Bertz CT molecular complexity index is 1350. The number of hydrogen-bond acceptors (Lipinski definition) is 22. The van der Waals surface area contributed by atoms with Crippen LogP contribution in [-0.2, 0) is 66.7 Å². The molecule has 0 bridgehead atoms. The van der Waals surface area contributed by atoms with Crippen molar-refractivity contribution in [2.24, 2.45) is 37.9 Å². The topological polar surface area (TPSA) is 346 Å². The molecule has 0 aliphatic heterocycles. The van der Waals surface area contributed by atoms with Gasteiger partial charge in [0.15, 0.2) is 6.61 Å². The van der Waals surface area contributed by atoms with Gasteiger partial charge < -0.3 is 74.0 Å². The molecule has 0 aromatic heterocycles. The van der Waals surface area contributed by atoms with Crippen molar-refractivity contribution >= 4 is 41.8 Å². The number of aliphatic hydroxyl groups is 8. The van der Waals surface area contributed by atoms with Gasteiger partial charge in [-0.3, -0.25) is 33.6 Å². The van der Waals surface area contributed by atoms with E-state index in [2.05, 4.69) is 5.92 Å². The molecule has 0 aromatic carbocycles. The molecule has 0 heterocycles. The fourth-order valence-electron chi connectivity index (χ4n) is 3.87. The molecular formula is C38H60O22. The van der Waals surface area contributed by atoms with E-state index >= 15 is 0 Å². The molecule has 22 heteroatoms. The minimum Gasteiger partial charge on any atom is -0.464 e. The van der Waals surface area contributed by atoms with Gasteiger partial charge in [0.2, 0.25) is 0 Å². The average Bonchev–Trinajstić information content (AvgIpc) is 3.26. The second-order valence-corrected chi connectivity index (χ2v) is 16.4. The van der Waals surface area contributed by atoms with Crippen molar-refractivity contribution in [2.75, 3.05) is 99.1 Å². The van der Waals surface area contributed by atoms with E-state index in [1.54, 1.807) is 0 Å². The van der Waals surface area contributed by atoms with E-state index in [9.17, 15) is 74.4 Å². The Balaban J connectivity index is 6.76. The Morgan fingerprint density at radius 3 is 0.633 bits per heavy atom. The Morgan fingerprint density at radius 1 is 0.333 bits per heavy atom. The summed E-state index contributed by atoms with van der Waals surface area (Å²) < 4.78 is 36.6. The van der Waals surface area contributed by atoms with E-state index in [0.717, 1.165) is 48.5 Å². The molecule has 8 N–H and O–H groups in total. The van der Waals surface area contributed by atoms with Crippen molar-refractivity contribution < 1.29 is 108 Å². The Kier molecular flexibility index (Phi) is 21.8. The Labute approximate surface area is 347 Å². The molecule has 0 rings (SSSR count). The highest BCUT2D eigenvalue weighted by Crippen LogP contribution is 2.30. The molecule has 60 heavy (non-hydrogen) atoms. The van der Waals surface area contributed by atoms with Crippen LogP contribution in [0.2, 0.25) is 0 Å². The molecule has 0 aromatic rings. The average molecular weight is 869 g/mol. The van der Waals surface area contributed by atoms with Crippen molar-refractivity contribution in [1.82, 2.24) is 0 Å². The van der Waals surface area contributed by atoms with Gasteiger partial charge in [-0.2, -0.15) is 0 Å². The van der Waals surface area contributed by atoms with E-state index < -0.39 is 179 Å². The van der Waals surface area contributed by atoms with Crippen molar-refractivity contribution in [3.8, 4) is 12.3 Å². The van der Waals surface area contributed by atoms with Gasteiger partial charge in [-0.05, 0) is 48.5 Å². The number of ether oxygens (including phenoxy) is 7. The first kappa shape index (κ1) is 55.5. The molecule has 0 radical (unpaired) electrons. The van der Waals surface area contributed by atoms with Crippen LogP contribution in [0.3, 0.4) is 0 Å². The number of hydrogen-bond donors (Lipinski definition) is 8. The smallest absolute Gasteiger partial charge is 0.319 e. The van der Waals surface area contributed by atoms with Gasteiger partial charge >= 0.3 is 41.8 Å². The predicted octanol–water partition coefficient (Wildman–Crippen LogP) is -3.60. The monoisotopic (exact) mass is 868 g/mol. The second kappa shape index (κ2) is 23.5. The highest BCUT2D eigenvalue weighted by Gasteiger charge is 2.48. The third-order valence-electron chi connectivity index (χ3n) is 9.66. The molecule has 0 amide bonds. The van der Waals surface area contributed by atoms with Crippen molar-refractivity contribution in [2.45, 2.75) is 48.5 Å². The number of carbonyl (C=O) groups is 7. The molecule has 22 nitrogen and oxygen atoms in total. The van der Waals surface area contributed by atoms with Crippen molar-refractivity contribution in [1.29, 1.82) is 0 Å². The van der Waals surface area contributed by atoms with E-state index in [1.165, 1.54) is 0 Å². The largest absolute Gasteiger partial charge is 0.464 e. The van der Waals surface area contributed by atoms with Crippen LogP contribution < -0.4 is 0 Å². The summed E-state index contributed by atoms with van der Waals surface area (Å²) in [5, 5.41) is 76.9. The maximum absolute atomic E-state index is 13.7. The number of esters is 7. The third kappa shape index (κ3) is 14.3. The van der Waals surface area contributed by atoms with E-state index in [1.807, 2.05) is 0 Å². The minimum atomic E-state index is -2.14. The standard InChI is InChI=1S/C38H60O22/c1-9-10-54-29(51)36(6,19-59-30(52)37(7,21-55-25(47)32(2,11-39)12-40)22-56-26(48)33(3,13-41)14-42)20-60-31(53)38(8,23-57-27(49)34(4,15-43)16-44)24-58-28(50)35(5,17-45)18-46/h1,39-46H,10-24H2,2-8H3. The molecule has 0 spiro atoms. The number of rotatable bonds is 28. The fourth-order valence-corrected chi connectivity index (χ4v) is 3.87. The molecule has 0 saturated carbocycles. The zero-order chi connectivity index (χ0) is 46.8. The Morgan fingerprint density at radius 2 is 0.483 bits per heavy atom. The lowest BCUT2D eigenvalue weighted by atomic mass is 9.89. The molecule has 0 aliphatic rings. The normalized spacial score (nSPS) is 12.7. The number of aliphatic hydroxyl groups excluding tert-OH is 8. The van der Waals surface area contributed by atoms with Gasteiger partial charge in [0.25, 0.3) is 0 Å². The summed E-state index contributed by atoms with van der Waals surface area (Å²) in [6, 6.07) is 0. The first-order chi connectivity index (χ1) is 27.7. The maximum atomic E-state index is 13.7. The third-order valence-corrected chi connectivity index (χ3v) is 9.66. The number of terminal acetylenes is 1. The summed E-state index contributed by atoms with van der Waals surface area (Å²) in [6.07, 6.45) is 5.22. The predicted molar refractivity (Wildman–Crippen MR) is 199 cm³/mol. The fraction of sp³-hybridized carbons (Fsp3) is 0.763. The van der Waals surface area contributed by atoms with Gasteiger partial charge in [0.05, 0.1) is 52.9 Å². The van der Waals surface area contributed by atoms with Gasteiger partial charge in [-0.25, -0.2) is 0 Å². The van der Waals surface area contributed by atoms with Gasteiger partial charge in [0.1, 0.15) is 77.5 Å². The van der Waals surface area contributed by atoms with Gasteiger partial charge in [-0.15, -0.1) is 6.42 Å². The molecule has 0 unspecified atom stereocenters. The second-order valence-electron chi connectivity index (χ2n) is 16.4. The van der Waals surface area contributed by atoms with E-state index in [0.29, 0.717) is 0 Å². The summed E-state index contributed by atoms with van der Waals surface area (Å²) in [5.41, 5.74) is -13.8. The quantitative estimate of drug-likeness (QED) is 0.0214. The minimum absolute atomic E-state index is 0.616. The first-order valence-corrected chi connectivity index (χ1v) is 18.3. The molecular weight excluding hydrogens is 808 g/mol. The zero-order valence-corrected chi connectivity index (χ0v) is 35.0. The summed E-state index contributed by atoms with van der Waals surface area (Å²) >= 11 is 0. The lowest BCUT2D eigenvalue weighted by Gasteiger charge is -2.33. The maximum Gasteiger partial charge on any atom is 0.319 e. The number of carbonyl (C=O) groups excluding carboxylic acids is 7. The van der Waals surface area contributed by atoms with E-state index in [-0.39, 0.29) is 0 Å². The van der Waals surface area contributed by atoms with Crippen LogP contribution in [0, 0.1) is 50.2 Å². The van der Waals surface area contributed by atoms with Gasteiger partial charge in [-0.1, -0.05) is 5.92 Å². The van der Waals surface area contributed by atoms with Crippen LogP contribution in [0.1, 0.15) is 48.5 Å². The highest BCUT2D eigenvalue weighted by atomic mass is 16.6. The lowest BCUT2D eigenvalue weighted by molar-refractivity contribution is -0.184. The van der Waals surface area contributed by atoms with Crippen molar-refractivity contribution in [3.05, 3.63) is 0 Å². The lowest BCUT2D eigenvalue weighted by Crippen LogP contribution is -2.48. The summed E-state index contributed by atoms with van der Waals surface area (Å²) in [7, 11) is 0. The Hall–Kier alpha value is -4.47.